The van der Waals surface area contributed by atoms with Crippen LogP contribution in [0, 0.1) is 0 Å². The van der Waals surface area contributed by atoms with Gasteiger partial charge in [0.2, 0.25) is 17.7 Å². The van der Waals surface area contributed by atoms with Gasteiger partial charge in [0.25, 0.3) is 0 Å². The van der Waals surface area contributed by atoms with Crippen LogP contribution >= 0.6 is 0 Å². The van der Waals surface area contributed by atoms with Crippen molar-refractivity contribution in [3.63, 3.8) is 0 Å². The summed E-state index contributed by atoms with van der Waals surface area (Å²) in [6.07, 6.45) is 0.811. The van der Waals surface area contributed by atoms with Crippen LogP contribution < -0.4 is 20.9 Å². The minimum absolute atomic E-state index is 0.0386. The summed E-state index contributed by atoms with van der Waals surface area (Å²) in [6, 6.07) is 12.3. The molecule has 3 rings (SSSR count). The van der Waals surface area contributed by atoms with Crippen LogP contribution in [0.1, 0.15) is 26.3 Å². The molecule has 2 aromatic carbocycles. The Bertz CT molecular complexity index is 908. The molecule has 0 fully saturated rings. The van der Waals surface area contributed by atoms with Crippen molar-refractivity contribution >= 4 is 40.5 Å². The topological polar surface area (TPSA) is 90.5 Å². The molecule has 0 saturated carbocycles. The van der Waals surface area contributed by atoms with E-state index in [2.05, 4.69) is 16.0 Å². The third-order valence-corrected chi connectivity index (χ3v) is 4.60. The van der Waals surface area contributed by atoms with Crippen LogP contribution in [0.2, 0.25) is 0 Å². The Morgan fingerprint density at radius 2 is 1.54 bits per heavy atom. The van der Waals surface area contributed by atoms with Crippen LogP contribution in [0.3, 0.4) is 0 Å². The van der Waals surface area contributed by atoms with Crippen molar-refractivity contribution in [2.75, 3.05) is 27.4 Å². The quantitative estimate of drug-likeness (QED) is 0.744. The minimum atomic E-state index is -0.446. The molecule has 0 spiro atoms. The molecule has 0 aromatic heterocycles. The van der Waals surface area contributed by atoms with Gasteiger partial charge in [-0.05, 0) is 61.4 Å². The summed E-state index contributed by atoms with van der Waals surface area (Å²) in [6.45, 7) is 5.49. The highest BCUT2D eigenvalue weighted by molar-refractivity contribution is 5.97. The van der Waals surface area contributed by atoms with Crippen molar-refractivity contribution in [1.29, 1.82) is 0 Å². The van der Waals surface area contributed by atoms with E-state index in [1.165, 1.54) is 6.92 Å². The molecule has 28 heavy (non-hydrogen) atoms. The van der Waals surface area contributed by atoms with E-state index in [1.54, 1.807) is 43.0 Å². The first kappa shape index (κ1) is 19.4. The lowest BCUT2D eigenvalue weighted by Gasteiger charge is -2.18. The predicted octanol–water partition coefficient (Wildman–Crippen LogP) is 2.99. The first-order chi connectivity index (χ1) is 13.3. The van der Waals surface area contributed by atoms with Gasteiger partial charge < -0.3 is 20.9 Å². The number of carbonyl (C=O) groups is 3. The molecule has 7 nitrogen and oxygen atoms in total. The minimum Gasteiger partial charge on any atom is -0.374 e. The fraction of sp³-hybridized carbons (Fsp3) is 0.286. The molecule has 0 unspecified atom stereocenters. The lowest BCUT2D eigenvalue weighted by atomic mass is 10.1. The molecule has 0 saturated heterocycles. The Hall–Kier alpha value is -3.35. The molecule has 1 heterocycles. The lowest BCUT2D eigenvalue weighted by Crippen LogP contribution is -2.31. The van der Waals surface area contributed by atoms with E-state index >= 15 is 0 Å². The average Bonchev–Trinajstić information content (AvgIpc) is 3.06. The Morgan fingerprint density at radius 1 is 0.929 bits per heavy atom. The van der Waals surface area contributed by atoms with Gasteiger partial charge in [-0.25, -0.2) is 0 Å². The summed E-state index contributed by atoms with van der Waals surface area (Å²) >= 11 is 0. The third-order valence-electron chi connectivity index (χ3n) is 4.60. The second-order valence-corrected chi connectivity index (χ2v) is 6.88. The van der Waals surface area contributed by atoms with Gasteiger partial charge in [-0.15, -0.1) is 0 Å². The molecule has 0 radical (unpaired) electrons. The van der Waals surface area contributed by atoms with Crippen molar-refractivity contribution in [1.82, 2.24) is 0 Å². The highest BCUT2D eigenvalue weighted by Gasteiger charge is 2.22. The second kappa shape index (κ2) is 8.12. The predicted molar refractivity (Wildman–Crippen MR) is 111 cm³/mol. The third kappa shape index (κ3) is 4.49. The van der Waals surface area contributed by atoms with Crippen LogP contribution in [-0.4, -0.2) is 30.3 Å². The molecule has 3 amide bonds. The van der Waals surface area contributed by atoms with Gasteiger partial charge in [0, 0.05) is 43.1 Å². The van der Waals surface area contributed by atoms with E-state index in [4.69, 9.17) is 0 Å². The highest BCUT2D eigenvalue weighted by atomic mass is 16.2. The van der Waals surface area contributed by atoms with E-state index in [-0.39, 0.29) is 17.7 Å². The van der Waals surface area contributed by atoms with Gasteiger partial charge in [0.15, 0.2) is 0 Å². The highest BCUT2D eigenvalue weighted by Crippen LogP contribution is 2.30. The van der Waals surface area contributed by atoms with Gasteiger partial charge in [-0.1, -0.05) is 0 Å². The largest absolute Gasteiger partial charge is 0.374 e. The van der Waals surface area contributed by atoms with E-state index in [9.17, 15) is 14.4 Å². The van der Waals surface area contributed by atoms with E-state index in [0.717, 1.165) is 23.4 Å². The zero-order valence-electron chi connectivity index (χ0n) is 16.2. The molecule has 3 N–H and O–H groups in total. The number of hydrogen-bond donors (Lipinski definition) is 3. The van der Waals surface area contributed by atoms with E-state index in [1.807, 2.05) is 18.2 Å². The SMILES string of the molecule is CC(=O)Nc1ccc(NC(=O)[C@@H](C)Nc2ccc3c(c2)CCN3C(C)=O)cc1. The Kier molecular flexibility index (Phi) is 5.63. The summed E-state index contributed by atoms with van der Waals surface area (Å²) in [5, 5.41) is 8.73. The molecule has 0 bridgehead atoms. The van der Waals surface area contributed by atoms with E-state index < -0.39 is 6.04 Å². The molecule has 7 heteroatoms. The molecule has 2 aromatic rings. The number of amides is 3. The monoisotopic (exact) mass is 380 g/mol. The molecule has 1 aliphatic heterocycles. The maximum Gasteiger partial charge on any atom is 0.246 e. The maximum absolute atomic E-state index is 12.5. The fourth-order valence-electron chi connectivity index (χ4n) is 3.22. The van der Waals surface area contributed by atoms with Crippen molar-refractivity contribution in [3.05, 3.63) is 48.0 Å². The Balaban J connectivity index is 1.60. The van der Waals surface area contributed by atoms with Crippen molar-refractivity contribution in [3.8, 4) is 0 Å². The molecule has 146 valence electrons. The zero-order chi connectivity index (χ0) is 20.3. The second-order valence-electron chi connectivity index (χ2n) is 6.88. The summed E-state index contributed by atoms with van der Waals surface area (Å²) in [7, 11) is 0. The van der Waals surface area contributed by atoms with Gasteiger partial charge in [-0.2, -0.15) is 0 Å². The van der Waals surface area contributed by atoms with Gasteiger partial charge in [-0.3, -0.25) is 14.4 Å². The number of anilines is 4. The number of benzene rings is 2. The summed E-state index contributed by atoms with van der Waals surface area (Å²) in [5.74, 6) is -0.273. The van der Waals surface area contributed by atoms with Crippen LogP contribution in [0.4, 0.5) is 22.7 Å². The number of nitrogens with zero attached hydrogens (tertiary/aromatic N) is 1. The number of hydrogen-bond acceptors (Lipinski definition) is 4. The first-order valence-corrected chi connectivity index (χ1v) is 9.19. The number of carbonyl (C=O) groups excluding carboxylic acids is 3. The smallest absolute Gasteiger partial charge is 0.246 e. The van der Waals surface area contributed by atoms with Crippen molar-refractivity contribution in [2.45, 2.75) is 33.2 Å². The molecule has 1 aliphatic rings. The Morgan fingerprint density at radius 3 is 2.14 bits per heavy atom. The van der Waals surface area contributed by atoms with Gasteiger partial charge in [0.1, 0.15) is 6.04 Å². The van der Waals surface area contributed by atoms with Crippen LogP contribution in [0.15, 0.2) is 42.5 Å². The molecular weight excluding hydrogens is 356 g/mol. The summed E-state index contributed by atoms with van der Waals surface area (Å²) < 4.78 is 0. The Labute approximate surface area is 164 Å². The first-order valence-electron chi connectivity index (χ1n) is 9.19. The number of nitrogens with one attached hydrogen (secondary N) is 3. The maximum atomic E-state index is 12.5. The average molecular weight is 380 g/mol. The van der Waals surface area contributed by atoms with Gasteiger partial charge in [0.05, 0.1) is 0 Å². The van der Waals surface area contributed by atoms with Crippen molar-refractivity contribution in [2.24, 2.45) is 0 Å². The van der Waals surface area contributed by atoms with E-state index in [0.29, 0.717) is 17.9 Å². The molecule has 0 aliphatic carbocycles. The fourth-order valence-corrected chi connectivity index (χ4v) is 3.22. The molecular formula is C21H24N4O3. The normalized spacial score (nSPS) is 13.5. The molecule has 1 atom stereocenters. The van der Waals surface area contributed by atoms with Crippen LogP contribution in [0.25, 0.3) is 0 Å². The standard InChI is InChI=1S/C21H24N4O3/c1-13(21(28)24-18-6-4-17(5-7-18)23-14(2)26)22-19-8-9-20-16(12-19)10-11-25(20)15(3)27/h4-9,12-13,22H,10-11H2,1-3H3,(H,23,26)(H,24,28)/t13-/m1/s1. The lowest BCUT2D eigenvalue weighted by molar-refractivity contribution is -0.117. The zero-order valence-corrected chi connectivity index (χ0v) is 16.2. The number of rotatable bonds is 5. The summed E-state index contributed by atoms with van der Waals surface area (Å²) in [5.41, 5.74) is 4.21. The van der Waals surface area contributed by atoms with Gasteiger partial charge >= 0.3 is 0 Å². The van der Waals surface area contributed by atoms with Crippen LogP contribution in [-0.2, 0) is 20.8 Å². The number of fused-ring (bicyclic) bond motifs is 1. The van der Waals surface area contributed by atoms with Crippen LogP contribution in [0.5, 0.6) is 0 Å². The van der Waals surface area contributed by atoms with Crippen molar-refractivity contribution < 1.29 is 14.4 Å². The summed E-state index contributed by atoms with van der Waals surface area (Å²) in [4.78, 5) is 36.9.